The van der Waals surface area contributed by atoms with Gasteiger partial charge in [0, 0.05) is 5.56 Å². The molecule has 0 bridgehead atoms. The average Bonchev–Trinajstić information content (AvgIpc) is 2.08. The Morgan fingerprint density at radius 3 is 2.36 bits per heavy atom. The molecule has 0 radical (unpaired) electrons. The Labute approximate surface area is 90.0 Å². The number of imide groups is 1. The third kappa shape index (κ3) is 2.61. The first kappa shape index (κ1) is 10.8. The second kappa shape index (κ2) is 4.30. The minimum absolute atomic E-state index is 0.221. The molecular formula is C8H6Cl2N2O2. The summed E-state index contributed by atoms with van der Waals surface area (Å²) in [5, 5.41) is 2.48. The van der Waals surface area contributed by atoms with E-state index < -0.39 is 11.9 Å². The predicted molar refractivity (Wildman–Crippen MR) is 53.5 cm³/mol. The summed E-state index contributed by atoms with van der Waals surface area (Å²) >= 11 is 11.3. The lowest BCUT2D eigenvalue weighted by Gasteiger charge is -2.01. The molecule has 0 saturated heterocycles. The maximum Gasteiger partial charge on any atom is 0.319 e. The summed E-state index contributed by atoms with van der Waals surface area (Å²) in [4.78, 5) is 21.6. The summed E-state index contributed by atoms with van der Waals surface area (Å²) in [6.07, 6.45) is 0. The second-order valence-corrected chi connectivity index (χ2v) is 3.26. The molecule has 0 spiro atoms. The Bertz CT molecular complexity index is 393. The summed E-state index contributed by atoms with van der Waals surface area (Å²) in [7, 11) is 0. The number of rotatable bonds is 1. The van der Waals surface area contributed by atoms with Crippen LogP contribution in [0.2, 0.25) is 10.0 Å². The molecule has 0 aliphatic carbocycles. The van der Waals surface area contributed by atoms with Gasteiger partial charge in [-0.15, -0.1) is 0 Å². The van der Waals surface area contributed by atoms with E-state index in [1.165, 1.54) is 18.2 Å². The highest BCUT2D eigenvalue weighted by Gasteiger charge is 2.09. The van der Waals surface area contributed by atoms with E-state index in [0.29, 0.717) is 5.02 Å². The van der Waals surface area contributed by atoms with Crippen LogP contribution in [-0.4, -0.2) is 11.9 Å². The number of nitrogens with two attached hydrogens (primary N) is 1. The van der Waals surface area contributed by atoms with Crippen molar-refractivity contribution in [3.63, 3.8) is 0 Å². The van der Waals surface area contributed by atoms with Crippen LogP contribution in [0.5, 0.6) is 0 Å². The summed E-state index contributed by atoms with van der Waals surface area (Å²) in [5.41, 5.74) is 4.99. The van der Waals surface area contributed by atoms with Crippen molar-refractivity contribution in [3.8, 4) is 0 Å². The largest absolute Gasteiger partial charge is 0.351 e. The van der Waals surface area contributed by atoms with Crippen molar-refractivity contribution in [2.24, 2.45) is 5.73 Å². The Morgan fingerprint density at radius 1 is 1.21 bits per heavy atom. The minimum Gasteiger partial charge on any atom is -0.351 e. The molecule has 1 aromatic rings. The Balaban J connectivity index is 2.91. The van der Waals surface area contributed by atoms with Crippen LogP contribution in [0, 0.1) is 0 Å². The van der Waals surface area contributed by atoms with Gasteiger partial charge in [0.1, 0.15) is 0 Å². The zero-order valence-electron chi connectivity index (χ0n) is 6.88. The van der Waals surface area contributed by atoms with Crippen LogP contribution in [0.1, 0.15) is 10.4 Å². The van der Waals surface area contributed by atoms with Gasteiger partial charge in [-0.05, 0) is 18.2 Å². The third-order valence-corrected chi connectivity index (χ3v) is 2.16. The molecule has 0 aromatic heterocycles. The predicted octanol–water partition coefficient (Wildman–Crippen LogP) is 1.80. The fourth-order valence-electron chi connectivity index (χ4n) is 0.821. The first-order valence-corrected chi connectivity index (χ1v) is 4.32. The van der Waals surface area contributed by atoms with Crippen molar-refractivity contribution < 1.29 is 9.59 Å². The smallest absolute Gasteiger partial charge is 0.319 e. The molecular weight excluding hydrogens is 227 g/mol. The topological polar surface area (TPSA) is 72.2 Å². The number of benzene rings is 1. The quantitative estimate of drug-likeness (QED) is 0.776. The van der Waals surface area contributed by atoms with Crippen molar-refractivity contribution in [2.75, 3.05) is 0 Å². The minimum atomic E-state index is -0.916. The average molecular weight is 233 g/mol. The van der Waals surface area contributed by atoms with E-state index in [9.17, 15) is 9.59 Å². The number of hydrogen-bond acceptors (Lipinski definition) is 2. The number of urea groups is 1. The molecule has 0 atom stereocenters. The zero-order chi connectivity index (χ0) is 10.7. The Kier molecular flexibility index (Phi) is 3.33. The molecule has 4 nitrogen and oxygen atoms in total. The number of hydrogen-bond donors (Lipinski definition) is 2. The van der Waals surface area contributed by atoms with Crippen LogP contribution in [0.15, 0.2) is 18.2 Å². The van der Waals surface area contributed by atoms with Crippen molar-refractivity contribution >= 4 is 35.1 Å². The first-order chi connectivity index (χ1) is 6.50. The molecule has 0 saturated carbocycles. The number of nitrogens with one attached hydrogen (secondary N) is 1. The monoisotopic (exact) mass is 232 g/mol. The van der Waals surface area contributed by atoms with Gasteiger partial charge < -0.3 is 5.73 Å². The highest BCUT2D eigenvalue weighted by molar-refractivity contribution is 6.42. The maximum atomic E-state index is 11.2. The highest BCUT2D eigenvalue weighted by Crippen LogP contribution is 2.22. The zero-order valence-corrected chi connectivity index (χ0v) is 8.39. The lowest BCUT2D eigenvalue weighted by atomic mass is 10.2. The number of primary amides is 1. The molecule has 74 valence electrons. The summed E-state index contributed by atoms with van der Waals surface area (Å²) in [5.74, 6) is -0.615. The van der Waals surface area contributed by atoms with Crippen LogP contribution in [0.3, 0.4) is 0 Å². The molecule has 0 fully saturated rings. The van der Waals surface area contributed by atoms with Gasteiger partial charge in [-0.3, -0.25) is 10.1 Å². The van der Waals surface area contributed by atoms with Crippen LogP contribution in [0.4, 0.5) is 4.79 Å². The molecule has 0 unspecified atom stereocenters. The molecule has 14 heavy (non-hydrogen) atoms. The van der Waals surface area contributed by atoms with E-state index in [0.717, 1.165) is 0 Å². The second-order valence-electron chi connectivity index (χ2n) is 2.45. The normalized spacial score (nSPS) is 9.57. The molecule has 0 aliphatic rings. The molecule has 6 heteroatoms. The van der Waals surface area contributed by atoms with Crippen molar-refractivity contribution in [1.82, 2.24) is 5.32 Å². The highest BCUT2D eigenvalue weighted by atomic mass is 35.5. The van der Waals surface area contributed by atoms with Crippen molar-refractivity contribution in [3.05, 3.63) is 33.8 Å². The summed E-state index contributed by atoms with van der Waals surface area (Å²) < 4.78 is 0. The van der Waals surface area contributed by atoms with Gasteiger partial charge in [0.2, 0.25) is 0 Å². The van der Waals surface area contributed by atoms with E-state index in [-0.39, 0.29) is 10.6 Å². The standard InChI is InChI=1S/C8H6Cl2N2O2/c9-5-2-1-4(3-6(5)10)7(13)12-8(11)14/h1-3H,(H3,11,12,13,14). The van der Waals surface area contributed by atoms with E-state index in [4.69, 9.17) is 28.9 Å². The van der Waals surface area contributed by atoms with E-state index in [1.54, 1.807) is 0 Å². The van der Waals surface area contributed by atoms with E-state index in [2.05, 4.69) is 0 Å². The van der Waals surface area contributed by atoms with Gasteiger partial charge in [0.25, 0.3) is 5.91 Å². The molecule has 0 aliphatic heterocycles. The number of carbonyl (C=O) groups is 2. The number of carbonyl (C=O) groups excluding carboxylic acids is 2. The molecule has 0 heterocycles. The molecule has 3 amide bonds. The first-order valence-electron chi connectivity index (χ1n) is 3.56. The lowest BCUT2D eigenvalue weighted by molar-refractivity contribution is 0.0966. The SMILES string of the molecule is NC(=O)NC(=O)c1ccc(Cl)c(Cl)c1. The maximum absolute atomic E-state index is 11.2. The lowest BCUT2D eigenvalue weighted by Crippen LogP contribution is -2.34. The van der Waals surface area contributed by atoms with Gasteiger partial charge >= 0.3 is 6.03 Å². The number of amides is 3. The van der Waals surface area contributed by atoms with E-state index >= 15 is 0 Å². The van der Waals surface area contributed by atoms with Gasteiger partial charge in [0.05, 0.1) is 10.0 Å². The summed E-state index contributed by atoms with van der Waals surface area (Å²) in [6, 6.07) is 3.33. The fraction of sp³-hybridized carbons (Fsp3) is 0. The molecule has 1 aromatic carbocycles. The van der Waals surface area contributed by atoms with Gasteiger partial charge in [-0.2, -0.15) is 0 Å². The third-order valence-electron chi connectivity index (χ3n) is 1.42. The van der Waals surface area contributed by atoms with Gasteiger partial charge in [-0.25, -0.2) is 4.79 Å². The van der Waals surface area contributed by atoms with Gasteiger partial charge in [0.15, 0.2) is 0 Å². The van der Waals surface area contributed by atoms with Crippen molar-refractivity contribution in [2.45, 2.75) is 0 Å². The van der Waals surface area contributed by atoms with Gasteiger partial charge in [-0.1, -0.05) is 23.2 Å². The summed E-state index contributed by atoms with van der Waals surface area (Å²) in [6.45, 7) is 0. The van der Waals surface area contributed by atoms with Crippen LogP contribution in [-0.2, 0) is 0 Å². The molecule has 3 N–H and O–H groups in total. The van der Waals surface area contributed by atoms with E-state index in [1.807, 2.05) is 5.32 Å². The van der Waals surface area contributed by atoms with Crippen molar-refractivity contribution in [1.29, 1.82) is 0 Å². The van der Waals surface area contributed by atoms with Crippen LogP contribution in [0.25, 0.3) is 0 Å². The van der Waals surface area contributed by atoms with Crippen LogP contribution >= 0.6 is 23.2 Å². The Morgan fingerprint density at radius 2 is 1.86 bits per heavy atom. The number of halogens is 2. The Hall–Kier alpha value is -1.26. The van der Waals surface area contributed by atoms with Crippen LogP contribution < -0.4 is 11.1 Å². The fourth-order valence-corrected chi connectivity index (χ4v) is 1.12. The molecule has 1 rings (SSSR count).